The van der Waals surface area contributed by atoms with Gasteiger partial charge in [0.15, 0.2) is 0 Å². The lowest BCUT2D eigenvalue weighted by molar-refractivity contribution is -0.141. The minimum Gasteiger partial charge on any atom is -0.352 e. The number of likely N-dealkylation sites (N-methyl/N-ethyl adjacent to an activating group) is 1. The van der Waals surface area contributed by atoms with Gasteiger partial charge in [-0.1, -0.05) is 0 Å². The molecule has 0 bridgehead atoms. The van der Waals surface area contributed by atoms with Gasteiger partial charge < -0.3 is 15.1 Å². The first-order valence-electron chi connectivity index (χ1n) is 8.02. The predicted octanol–water partition coefficient (Wildman–Crippen LogP) is 0.879. The standard InChI is InChI=1S/C16H19F3N4O2/c1-22-8-12(9-22)23-7-11(5-14(23)24)15(25)21-6-10-2-3-20-13(4-10)16(17,18)19/h2-4,11-12H,5-9H2,1H3,(H,21,25). The molecule has 2 fully saturated rings. The summed E-state index contributed by atoms with van der Waals surface area (Å²) in [7, 11) is 1.96. The number of likely N-dealkylation sites (tertiary alicyclic amines) is 2. The van der Waals surface area contributed by atoms with Gasteiger partial charge in [-0.15, -0.1) is 0 Å². The molecule has 1 N–H and O–H groups in total. The molecule has 3 rings (SSSR count). The zero-order valence-electron chi connectivity index (χ0n) is 13.7. The topological polar surface area (TPSA) is 65.5 Å². The number of nitrogens with one attached hydrogen (secondary N) is 1. The number of carbonyl (C=O) groups excluding carboxylic acids is 2. The van der Waals surface area contributed by atoms with Gasteiger partial charge in [-0.05, 0) is 24.7 Å². The Balaban J connectivity index is 1.54. The average molecular weight is 356 g/mol. The Morgan fingerprint density at radius 1 is 1.36 bits per heavy atom. The van der Waals surface area contributed by atoms with Crippen LogP contribution in [-0.2, 0) is 22.3 Å². The van der Waals surface area contributed by atoms with Crippen LogP contribution in [0.5, 0.6) is 0 Å². The number of aromatic nitrogens is 1. The maximum absolute atomic E-state index is 12.6. The van der Waals surface area contributed by atoms with Crippen LogP contribution in [0.3, 0.4) is 0 Å². The van der Waals surface area contributed by atoms with E-state index in [4.69, 9.17) is 0 Å². The second-order valence-corrected chi connectivity index (χ2v) is 6.59. The summed E-state index contributed by atoms with van der Waals surface area (Å²) in [5.41, 5.74) is -0.673. The van der Waals surface area contributed by atoms with Gasteiger partial charge in [0.2, 0.25) is 11.8 Å². The van der Waals surface area contributed by atoms with Crippen molar-refractivity contribution < 1.29 is 22.8 Å². The smallest absolute Gasteiger partial charge is 0.352 e. The van der Waals surface area contributed by atoms with E-state index < -0.39 is 17.8 Å². The molecule has 1 unspecified atom stereocenters. The zero-order chi connectivity index (χ0) is 18.2. The molecule has 2 aliphatic heterocycles. The maximum atomic E-state index is 12.6. The summed E-state index contributed by atoms with van der Waals surface area (Å²) in [5, 5.41) is 2.62. The Hall–Kier alpha value is -2.16. The number of nitrogens with zero attached hydrogens (tertiary/aromatic N) is 3. The van der Waals surface area contributed by atoms with Gasteiger partial charge in [0.1, 0.15) is 5.69 Å². The molecule has 25 heavy (non-hydrogen) atoms. The van der Waals surface area contributed by atoms with Crippen molar-refractivity contribution >= 4 is 11.8 Å². The normalized spacial score (nSPS) is 22.2. The van der Waals surface area contributed by atoms with Gasteiger partial charge >= 0.3 is 6.18 Å². The lowest BCUT2D eigenvalue weighted by Crippen LogP contribution is -2.58. The van der Waals surface area contributed by atoms with Crippen LogP contribution in [0, 0.1) is 5.92 Å². The van der Waals surface area contributed by atoms with Crippen molar-refractivity contribution in [3.63, 3.8) is 0 Å². The SMILES string of the molecule is CN1CC(N2CC(C(=O)NCc3ccnc(C(F)(F)F)c3)CC2=O)C1. The van der Waals surface area contributed by atoms with Crippen LogP contribution in [0.25, 0.3) is 0 Å². The first-order valence-corrected chi connectivity index (χ1v) is 8.02. The molecule has 9 heteroatoms. The molecule has 0 saturated carbocycles. The van der Waals surface area contributed by atoms with Gasteiger partial charge in [0, 0.05) is 38.8 Å². The Morgan fingerprint density at radius 3 is 2.72 bits per heavy atom. The number of alkyl halides is 3. The summed E-state index contributed by atoms with van der Waals surface area (Å²) in [6.45, 7) is 1.95. The van der Waals surface area contributed by atoms with Crippen molar-refractivity contribution in [2.45, 2.75) is 25.2 Å². The van der Waals surface area contributed by atoms with Crippen LogP contribution in [0.4, 0.5) is 13.2 Å². The molecule has 1 aromatic rings. The number of hydrogen-bond donors (Lipinski definition) is 1. The van der Waals surface area contributed by atoms with Gasteiger partial charge in [-0.3, -0.25) is 14.6 Å². The molecule has 0 aliphatic carbocycles. The van der Waals surface area contributed by atoms with Gasteiger partial charge in [-0.25, -0.2) is 0 Å². The molecule has 1 atom stereocenters. The van der Waals surface area contributed by atoms with Crippen molar-refractivity contribution in [1.82, 2.24) is 20.1 Å². The molecule has 136 valence electrons. The molecule has 0 aromatic carbocycles. The summed E-state index contributed by atoms with van der Waals surface area (Å²) in [4.78, 5) is 31.4. The van der Waals surface area contributed by atoms with Crippen molar-refractivity contribution in [1.29, 1.82) is 0 Å². The van der Waals surface area contributed by atoms with E-state index in [0.717, 1.165) is 25.4 Å². The average Bonchev–Trinajstić information content (AvgIpc) is 2.90. The first-order chi connectivity index (χ1) is 11.7. The van der Waals surface area contributed by atoms with E-state index >= 15 is 0 Å². The van der Waals surface area contributed by atoms with E-state index in [9.17, 15) is 22.8 Å². The zero-order valence-corrected chi connectivity index (χ0v) is 13.7. The number of hydrogen-bond acceptors (Lipinski definition) is 4. The summed E-state index contributed by atoms with van der Waals surface area (Å²) in [6.07, 6.45) is -3.30. The van der Waals surface area contributed by atoms with Gasteiger partial charge in [0.05, 0.1) is 12.0 Å². The second kappa shape index (κ2) is 6.62. The quantitative estimate of drug-likeness (QED) is 0.870. The minimum atomic E-state index is -4.52. The van der Waals surface area contributed by atoms with Crippen LogP contribution in [0.2, 0.25) is 0 Å². The summed E-state index contributed by atoms with van der Waals surface area (Å²) < 4.78 is 37.9. The number of pyridine rings is 1. The maximum Gasteiger partial charge on any atom is 0.433 e. The van der Waals surface area contributed by atoms with Gasteiger partial charge in [0.25, 0.3) is 0 Å². The highest BCUT2D eigenvalue weighted by molar-refractivity contribution is 5.89. The molecule has 3 heterocycles. The summed E-state index contributed by atoms with van der Waals surface area (Å²) in [5.74, 6) is -0.808. The first kappa shape index (κ1) is 17.7. The third-order valence-electron chi connectivity index (χ3n) is 4.60. The van der Waals surface area contributed by atoms with Crippen molar-refractivity contribution in [3.05, 3.63) is 29.6 Å². The fourth-order valence-corrected chi connectivity index (χ4v) is 3.20. The second-order valence-electron chi connectivity index (χ2n) is 6.59. The third-order valence-corrected chi connectivity index (χ3v) is 4.60. The minimum absolute atomic E-state index is 0.0265. The van der Waals surface area contributed by atoms with Crippen LogP contribution < -0.4 is 5.32 Å². The molecule has 1 aromatic heterocycles. The monoisotopic (exact) mass is 356 g/mol. The van der Waals surface area contributed by atoms with E-state index in [-0.39, 0.29) is 30.8 Å². The largest absolute Gasteiger partial charge is 0.433 e. The Bertz CT molecular complexity index is 674. The van der Waals surface area contributed by atoms with Crippen molar-refractivity contribution in [3.8, 4) is 0 Å². The lowest BCUT2D eigenvalue weighted by Gasteiger charge is -2.42. The van der Waals surface area contributed by atoms with Crippen molar-refractivity contribution in [2.24, 2.45) is 5.92 Å². The van der Waals surface area contributed by atoms with Gasteiger partial charge in [-0.2, -0.15) is 13.2 Å². The molecule has 0 spiro atoms. The molecule has 2 amide bonds. The van der Waals surface area contributed by atoms with Crippen molar-refractivity contribution in [2.75, 3.05) is 26.7 Å². The highest BCUT2D eigenvalue weighted by Gasteiger charge is 2.41. The Kier molecular flexibility index (Phi) is 4.68. The Morgan fingerprint density at radius 2 is 2.08 bits per heavy atom. The van der Waals surface area contributed by atoms with Crippen LogP contribution in [0.1, 0.15) is 17.7 Å². The van der Waals surface area contributed by atoms with E-state index in [1.165, 1.54) is 6.07 Å². The summed E-state index contributed by atoms with van der Waals surface area (Å²) >= 11 is 0. The molecule has 6 nitrogen and oxygen atoms in total. The number of amides is 2. The van der Waals surface area contributed by atoms with E-state index in [1.54, 1.807) is 4.90 Å². The van der Waals surface area contributed by atoms with Crippen LogP contribution in [0.15, 0.2) is 18.3 Å². The number of rotatable bonds is 4. The summed E-state index contributed by atoms with van der Waals surface area (Å²) in [6, 6.07) is 2.49. The molecular formula is C16H19F3N4O2. The van der Waals surface area contributed by atoms with E-state index in [1.807, 2.05) is 7.05 Å². The third kappa shape index (κ3) is 3.92. The van der Waals surface area contributed by atoms with E-state index in [2.05, 4.69) is 15.2 Å². The highest BCUT2D eigenvalue weighted by atomic mass is 19.4. The molecular weight excluding hydrogens is 337 g/mol. The van der Waals surface area contributed by atoms with Crippen LogP contribution >= 0.6 is 0 Å². The number of carbonyl (C=O) groups is 2. The van der Waals surface area contributed by atoms with E-state index in [0.29, 0.717) is 12.1 Å². The highest BCUT2D eigenvalue weighted by Crippen LogP contribution is 2.28. The molecule has 2 aliphatic rings. The predicted molar refractivity (Wildman–Crippen MR) is 82.2 cm³/mol. The molecule has 0 radical (unpaired) electrons. The lowest BCUT2D eigenvalue weighted by atomic mass is 10.1. The molecule has 2 saturated heterocycles. The number of halogens is 3. The van der Waals surface area contributed by atoms with Crippen LogP contribution in [-0.4, -0.2) is 59.3 Å². The fourth-order valence-electron chi connectivity index (χ4n) is 3.20. The fraction of sp³-hybridized carbons (Fsp3) is 0.562. The Labute approximate surface area is 143 Å².